The Morgan fingerprint density at radius 3 is 2.19 bits per heavy atom. The second-order valence-corrected chi connectivity index (χ2v) is 6.04. The lowest BCUT2D eigenvalue weighted by Gasteiger charge is -2.32. The van der Waals surface area contributed by atoms with Crippen molar-refractivity contribution >= 4 is 12.6 Å². The molecule has 0 N–H and O–H groups in total. The normalized spacial score (nSPS) is 19.6. The molecular weight excluding hydrogens is 271 g/mol. The monoisotopic (exact) mass is 294 g/mol. The van der Waals surface area contributed by atoms with Gasteiger partial charge in [-0.05, 0) is 45.9 Å². The topological polar surface area (TPSA) is 46.2 Å². The van der Waals surface area contributed by atoms with Crippen molar-refractivity contribution in [1.29, 1.82) is 0 Å². The summed E-state index contributed by atoms with van der Waals surface area (Å²) < 4.78 is 28.0. The summed E-state index contributed by atoms with van der Waals surface area (Å²) in [6.45, 7) is 8.23. The van der Waals surface area contributed by atoms with Crippen LogP contribution in [0.15, 0.2) is 18.2 Å². The van der Waals surface area contributed by atoms with Gasteiger partial charge < -0.3 is 23.5 Å². The average Bonchev–Trinajstić information content (AvgIpc) is 2.65. The fourth-order valence-corrected chi connectivity index (χ4v) is 2.06. The fourth-order valence-electron chi connectivity index (χ4n) is 2.06. The molecule has 1 saturated heterocycles. The van der Waals surface area contributed by atoms with Crippen molar-refractivity contribution in [2.75, 3.05) is 21.0 Å². The summed E-state index contributed by atoms with van der Waals surface area (Å²) >= 11 is 0. The molecule has 1 fully saturated rings. The van der Waals surface area contributed by atoms with Crippen molar-refractivity contribution < 1.29 is 23.5 Å². The van der Waals surface area contributed by atoms with Gasteiger partial charge in [0.1, 0.15) is 11.5 Å². The van der Waals surface area contributed by atoms with E-state index in [1.54, 1.807) is 14.2 Å². The molecule has 1 aliphatic heterocycles. The van der Waals surface area contributed by atoms with Crippen LogP contribution in [0.25, 0.3) is 0 Å². The first-order valence-electron chi connectivity index (χ1n) is 6.96. The zero-order valence-electron chi connectivity index (χ0n) is 13.6. The Balaban J connectivity index is 2.33. The summed E-state index contributed by atoms with van der Waals surface area (Å²) in [6.07, 6.45) is 0. The van der Waals surface area contributed by atoms with Crippen LogP contribution in [0.3, 0.4) is 0 Å². The van der Waals surface area contributed by atoms with Crippen LogP contribution in [0, 0.1) is 0 Å². The average molecular weight is 294 g/mol. The number of benzene rings is 1. The molecule has 0 unspecified atom stereocenters. The van der Waals surface area contributed by atoms with Gasteiger partial charge in [-0.1, -0.05) is 0 Å². The molecule has 2 rings (SSSR count). The SMILES string of the molecule is COCOc1ccc(OC)cc1B1OC(C)(C)C(C)(C)O1. The maximum Gasteiger partial charge on any atom is 0.498 e. The molecule has 1 aromatic carbocycles. The molecule has 0 radical (unpaired) electrons. The highest BCUT2D eigenvalue weighted by Gasteiger charge is 2.52. The standard InChI is InChI=1S/C15H23BO5/c1-14(2)15(3,4)21-16(20-14)12-9-11(18-6)7-8-13(12)19-10-17-5/h7-9H,10H2,1-6H3. The van der Waals surface area contributed by atoms with Crippen LogP contribution >= 0.6 is 0 Å². The summed E-state index contributed by atoms with van der Waals surface area (Å²) in [7, 11) is 2.70. The van der Waals surface area contributed by atoms with Crippen molar-refractivity contribution in [2.45, 2.75) is 38.9 Å². The van der Waals surface area contributed by atoms with Gasteiger partial charge in [0.2, 0.25) is 0 Å². The second kappa shape index (κ2) is 5.87. The van der Waals surface area contributed by atoms with E-state index in [9.17, 15) is 0 Å². The van der Waals surface area contributed by atoms with E-state index in [1.807, 2.05) is 45.9 Å². The number of ether oxygens (including phenoxy) is 3. The molecule has 0 amide bonds. The van der Waals surface area contributed by atoms with Crippen molar-refractivity contribution in [3.8, 4) is 11.5 Å². The molecule has 116 valence electrons. The van der Waals surface area contributed by atoms with E-state index in [-0.39, 0.29) is 6.79 Å². The third-order valence-corrected chi connectivity index (χ3v) is 4.06. The molecule has 1 aromatic rings. The van der Waals surface area contributed by atoms with Crippen molar-refractivity contribution in [3.63, 3.8) is 0 Å². The van der Waals surface area contributed by atoms with Crippen molar-refractivity contribution in [2.24, 2.45) is 0 Å². The molecule has 0 aliphatic carbocycles. The molecule has 21 heavy (non-hydrogen) atoms. The van der Waals surface area contributed by atoms with Crippen molar-refractivity contribution in [3.05, 3.63) is 18.2 Å². The molecule has 1 aliphatic rings. The lowest BCUT2D eigenvalue weighted by atomic mass is 9.78. The maximum absolute atomic E-state index is 6.07. The molecule has 0 bridgehead atoms. The zero-order valence-corrected chi connectivity index (χ0v) is 13.6. The minimum atomic E-state index is -0.503. The van der Waals surface area contributed by atoms with Gasteiger partial charge >= 0.3 is 7.12 Å². The highest BCUT2D eigenvalue weighted by atomic mass is 16.7. The van der Waals surface area contributed by atoms with Crippen LogP contribution in [0.1, 0.15) is 27.7 Å². The maximum atomic E-state index is 6.07. The number of hydrogen-bond donors (Lipinski definition) is 0. The number of rotatable bonds is 5. The van der Waals surface area contributed by atoms with E-state index in [0.717, 1.165) is 11.2 Å². The van der Waals surface area contributed by atoms with Crippen LogP contribution in [-0.4, -0.2) is 39.3 Å². The van der Waals surface area contributed by atoms with Gasteiger partial charge in [0.15, 0.2) is 6.79 Å². The van der Waals surface area contributed by atoms with Crippen LogP contribution in [0.2, 0.25) is 0 Å². The molecule has 1 heterocycles. The Kier molecular flexibility index (Phi) is 4.51. The lowest BCUT2D eigenvalue weighted by molar-refractivity contribution is 0.00578. The van der Waals surface area contributed by atoms with Gasteiger partial charge in [-0.2, -0.15) is 0 Å². The van der Waals surface area contributed by atoms with Crippen LogP contribution < -0.4 is 14.9 Å². The summed E-state index contributed by atoms with van der Waals surface area (Å²) in [4.78, 5) is 0. The van der Waals surface area contributed by atoms with E-state index in [1.165, 1.54) is 0 Å². The van der Waals surface area contributed by atoms with Gasteiger partial charge in [-0.15, -0.1) is 0 Å². The zero-order chi connectivity index (χ0) is 15.7. The van der Waals surface area contributed by atoms with Gasteiger partial charge in [-0.3, -0.25) is 0 Å². The summed E-state index contributed by atoms with van der Waals surface area (Å²) in [5.74, 6) is 1.39. The largest absolute Gasteiger partial charge is 0.498 e. The van der Waals surface area contributed by atoms with E-state index in [2.05, 4.69) is 0 Å². The van der Waals surface area contributed by atoms with Gasteiger partial charge in [0.05, 0.1) is 18.3 Å². The molecule has 6 heteroatoms. The predicted molar refractivity (Wildman–Crippen MR) is 81.2 cm³/mol. The van der Waals surface area contributed by atoms with E-state index in [0.29, 0.717) is 5.75 Å². The lowest BCUT2D eigenvalue weighted by Crippen LogP contribution is -2.41. The van der Waals surface area contributed by atoms with Crippen LogP contribution in [-0.2, 0) is 14.0 Å². The quantitative estimate of drug-likeness (QED) is 0.614. The second-order valence-electron chi connectivity index (χ2n) is 6.04. The summed E-state index contributed by atoms with van der Waals surface area (Å²) in [5.41, 5.74) is -0.0107. The first-order chi connectivity index (χ1) is 9.80. The predicted octanol–water partition coefficient (Wildman–Crippen LogP) is 1.98. The Labute approximate surface area is 126 Å². The molecule has 0 atom stereocenters. The fraction of sp³-hybridized carbons (Fsp3) is 0.600. The summed E-state index contributed by atoms with van der Waals surface area (Å²) in [6, 6.07) is 5.53. The Hall–Kier alpha value is -1.24. The minimum Gasteiger partial charge on any atom is -0.497 e. The minimum absolute atomic E-state index is 0.166. The Morgan fingerprint density at radius 1 is 1.05 bits per heavy atom. The van der Waals surface area contributed by atoms with Crippen LogP contribution in [0.5, 0.6) is 11.5 Å². The number of methoxy groups -OCH3 is 2. The molecular formula is C15H23BO5. The Morgan fingerprint density at radius 2 is 1.67 bits per heavy atom. The van der Waals surface area contributed by atoms with E-state index >= 15 is 0 Å². The van der Waals surface area contributed by atoms with Gasteiger partial charge in [-0.25, -0.2) is 0 Å². The van der Waals surface area contributed by atoms with Gasteiger partial charge in [0.25, 0.3) is 0 Å². The third-order valence-electron chi connectivity index (χ3n) is 4.06. The van der Waals surface area contributed by atoms with E-state index < -0.39 is 18.3 Å². The molecule has 5 nitrogen and oxygen atoms in total. The highest BCUT2D eigenvalue weighted by Crippen LogP contribution is 2.37. The smallest absolute Gasteiger partial charge is 0.497 e. The number of hydrogen-bond acceptors (Lipinski definition) is 5. The van der Waals surface area contributed by atoms with Crippen molar-refractivity contribution in [1.82, 2.24) is 0 Å². The Bertz CT molecular complexity index is 485. The first kappa shape index (κ1) is 16.1. The first-order valence-corrected chi connectivity index (χ1v) is 6.96. The molecule has 0 saturated carbocycles. The van der Waals surface area contributed by atoms with Gasteiger partial charge in [0, 0.05) is 12.6 Å². The molecule has 0 spiro atoms. The summed E-state index contributed by atoms with van der Waals surface area (Å²) in [5, 5.41) is 0. The third kappa shape index (κ3) is 3.17. The van der Waals surface area contributed by atoms with E-state index in [4.69, 9.17) is 23.5 Å². The van der Waals surface area contributed by atoms with Crippen LogP contribution in [0.4, 0.5) is 0 Å². The highest BCUT2D eigenvalue weighted by molar-refractivity contribution is 6.63. The molecule has 0 aromatic heterocycles.